The zero-order valence-corrected chi connectivity index (χ0v) is 22.3. The smallest absolute Gasteiger partial charge is 0.266 e. The fourth-order valence-corrected chi connectivity index (χ4v) is 7.55. The summed E-state index contributed by atoms with van der Waals surface area (Å²) in [6.45, 7) is 4.52. The highest BCUT2D eigenvalue weighted by Crippen LogP contribution is 2.38. The van der Waals surface area contributed by atoms with Gasteiger partial charge < -0.3 is 4.74 Å². The highest BCUT2D eigenvalue weighted by Gasteiger charge is 2.42. The van der Waals surface area contributed by atoms with Crippen LogP contribution in [0, 0.1) is 6.92 Å². The van der Waals surface area contributed by atoms with Gasteiger partial charge >= 0.3 is 0 Å². The summed E-state index contributed by atoms with van der Waals surface area (Å²) in [6.07, 6.45) is 4.10. The maximum absolute atomic E-state index is 13.3. The van der Waals surface area contributed by atoms with Gasteiger partial charge in [0.05, 0.1) is 34.7 Å². The number of carbonyl (C=O) groups is 1. The summed E-state index contributed by atoms with van der Waals surface area (Å²) in [5, 5.41) is 4.85. The van der Waals surface area contributed by atoms with Gasteiger partial charge in [-0.15, -0.1) is 0 Å². The van der Waals surface area contributed by atoms with Crippen LogP contribution in [-0.2, 0) is 14.6 Å². The third kappa shape index (κ3) is 4.85. The fourth-order valence-electron chi connectivity index (χ4n) is 4.46. The molecule has 5 rings (SSSR count). The molecule has 3 aromatic rings. The lowest BCUT2D eigenvalue weighted by atomic mass is 10.0. The van der Waals surface area contributed by atoms with E-state index in [0.29, 0.717) is 22.3 Å². The second-order valence-corrected chi connectivity index (χ2v) is 12.6. The van der Waals surface area contributed by atoms with Crippen molar-refractivity contribution in [1.82, 2.24) is 14.7 Å². The molecule has 2 aliphatic heterocycles. The first kappa shape index (κ1) is 24.7. The molecule has 2 fully saturated rings. The number of hydrogen-bond donors (Lipinski definition) is 0. The molecule has 0 radical (unpaired) electrons. The van der Waals surface area contributed by atoms with Crippen LogP contribution >= 0.6 is 24.0 Å². The van der Waals surface area contributed by atoms with E-state index in [1.165, 1.54) is 16.7 Å². The van der Waals surface area contributed by atoms with E-state index < -0.39 is 15.9 Å². The van der Waals surface area contributed by atoms with E-state index in [9.17, 15) is 13.2 Å². The van der Waals surface area contributed by atoms with Crippen LogP contribution in [0.3, 0.4) is 0 Å². The van der Waals surface area contributed by atoms with E-state index in [0.717, 1.165) is 33.8 Å². The number of rotatable bonds is 6. The Hall–Kier alpha value is -2.95. The molecule has 0 N–H and O–H groups in total. The number of aromatic nitrogens is 2. The molecule has 2 aromatic carbocycles. The Bertz CT molecular complexity index is 1480. The summed E-state index contributed by atoms with van der Waals surface area (Å²) in [5.41, 5.74) is 4.27. The molecule has 10 heteroatoms. The number of ether oxygens (including phenoxy) is 1. The SMILES string of the molecule is CCOc1ccc(-c2nn(-c3ccccc3)cc2/C=C2/SC(=S)N([C@@H]3CCS(=O)(=O)C3)C2=O)cc1C. The minimum absolute atomic E-state index is 0.0463. The largest absolute Gasteiger partial charge is 0.494 e. The topological polar surface area (TPSA) is 81.5 Å². The fraction of sp³-hybridized carbons (Fsp3) is 0.269. The number of para-hydroxylation sites is 1. The predicted molar refractivity (Wildman–Crippen MR) is 147 cm³/mol. The van der Waals surface area contributed by atoms with Crippen molar-refractivity contribution in [2.75, 3.05) is 18.1 Å². The van der Waals surface area contributed by atoms with Crippen molar-refractivity contribution < 1.29 is 17.9 Å². The number of thioether (sulfide) groups is 1. The molecule has 1 aromatic heterocycles. The van der Waals surface area contributed by atoms with Crippen molar-refractivity contribution in [1.29, 1.82) is 0 Å². The molecule has 0 spiro atoms. The maximum atomic E-state index is 13.3. The van der Waals surface area contributed by atoms with Gasteiger partial charge in [0.15, 0.2) is 9.84 Å². The number of amides is 1. The first-order chi connectivity index (χ1) is 17.3. The molecule has 1 amide bonds. The van der Waals surface area contributed by atoms with Crippen molar-refractivity contribution in [3.63, 3.8) is 0 Å². The summed E-state index contributed by atoms with van der Waals surface area (Å²) in [6, 6.07) is 15.3. The molecular weight excluding hydrogens is 515 g/mol. The number of benzene rings is 2. The van der Waals surface area contributed by atoms with Crippen LogP contribution in [0.1, 0.15) is 24.5 Å². The maximum Gasteiger partial charge on any atom is 0.266 e. The Morgan fingerprint density at radius 3 is 2.67 bits per heavy atom. The molecule has 186 valence electrons. The number of hydrogen-bond acceptors (Lipinski definition) is 7. The molecule has 0 bridgehead atoms. The normalized spacial score (nSPS) is 20.4. The summed E-state index contributed by atoms with van der Waals surface area (Å²) in [5.74, 6) is 0.597. The van der Waals surface area contributed by atoms with Crippen LogP contribution < -0.4 is 4.74 Å². The third-order valence-corrected chi connectivity index (χ3v) is 9.28. The standard InChI is InChI=1S/C26H25N3O4S3/c1-3-33-22-10-9-18(13-17(22)2)24-19(15-28(27-24)20-7-5-4-6-8-20)14-23-25(30)29(26(34)35-23)21-11-12-36(31,32)16-21/h4-10,13-15,21H,3,11-12,16H2,1-2H3/b23-14+/t21-/m1/s1. The van der Waals surface area contributed by atoms with Crippen molar-refractivity contribution in [3.8, 4) is 22.7 Å². The van der Waals surface area contributed by atoms with Crippen LogP contribution in [0.2, 0.25) is 0 Å². The van der Waals surface area contributed by atoms with Gasteiger partial charge in [-0.2, -0.15) is 5.10 Å². The lowest BCUT2D eigenvalue weighted by Gasteiger charge is -2.20. The molecule has 3 heterocycles. The average molecular weight is 540 g/mol. The Morgan fingerprint density at radius 1 is 1.22 bits per heavy atom. The first-order valence-corrected chi connectivity index (χ1v) is 14.7. The minimum Gasteiger partial charge on any atom is -0.494 e. The van der Waals surface area contributed by atoms with Gasteiger partial charge in [0.25, 0.3) is 5.91 Å². The van der Waals surface area contributed by atoms with Crippen LogP contribution in [0.4, 0.5) is 0 Å². The number of aryl methyl sites for hydroxylation is 1. The molecule has 36 heavy (non-hydrogen) atoms. The third-order valence-electron chi connectivity index (χ3n) is 6.20. The Morgan fingerprint density at radius 2 is 2.00 bits per heavy atom. The molecule has 7 nitrogen and oxygen atoms in total. The van der Waals surface area contributed by atoms with Gasteiger partial charge in [-0.3, -0.25) is 9.69 Å². The summed E-state index contributed by atoms with van der Waals surface area (Å²) in [7, 11) is -3.14. The number of nitrogens with zero attached hydrogens (tertiary/aromatic N) is 3. The molecule has 2 aliphatic rings. The van der Waals surface area contributed by atoms with Crippen LogP contribution in [0.5, 0.6) is 5.75 Å². The highest BCUT2D eigenvalue weighted by molar-refractivity contribution is 8.26. The quantitative estimate of drug-likeness (QED) is 0.334. The van der Waals surface area contributed by atoms with Crippen molar-refractivity contribution >= 4 is 50.1 Å². The monoisotopic (exact) mass is 539 g/mol. The molecule has 0 unspecified atom stereocenters. The van der Waals surface area contributed by atoms with Crippen LogP contribution in [-0.4, -0.2) is 57.5 Å². The zero-order chi connectivity index (χ0) is 25.4. The Balaban J connectivity index is 1.55. The number of thiocarbonyl (C=S) groups is 1. The average Bonchev–Trinajstić information content (AvgIpc) is 3.51. The zero-order valence-electron chi connectivity index (χ0n) is 19.9. The number of sulfone groups is 1. The molecular formula is C26H25N3O4S3. The van der Waals surface area contributed by atoms with E-state index in [1.54, 1.807) is 10.8 Å². The van der Waals surface area contributed by atoms with Crippen molar-refractivity contribution in [3.05, 3.63) is 70.8 Å². The first-order valence-electron chi connectivity index (χ1n) is 11.6. The van der Waals surface area contributed by atoms with E-state index in [2.05, 4.69) is 0 Å². The lowest BCUT2D eigenvalue weighted by Crippen LogP contribution is -2.39. The van der Waals surface area contributed by atoms with Gasteiger partial charge in [-0.05, 0) is 62.2 Å². The number of carbonyl (C=O) groups excluding carboxylic acids is 1. The summed E-state index contributed by atoms with van der Waals surface area (Å²) >= 11 is 6.69. The Kier molecular flexibility index (Phi) is 6.76. The van der Waals surface area contributed by atoms with Crippen LogP contribution in [0.25, 0.3) is 23.0 Å². The van der Waals surface area contributed by atoms with E-state index >= 15 is 0 Å². The Labute approximate surface area is 220 Å². The second kappa shape index (κ2) is 9.84. The molecule has 1 atom stereocenters. The summed E-state index contributed by atoms with van der Waals surface area (Å²) in [4.78, 5) is 15.3. The molecule has 2 saturated heterocycles. The van der Waals surface area contributed by atoms with Gasteiger partial charge in [-0.25, -0.2) is 13.1 Å². The predicted octanol–water partition coefficient (Wildman–Crippen LogP) is 4.63. The lowest BCUT2D eigenvalue weighted by molar-refractivity contribution is -0.123. The van der Waals surface area contributed by atoms with E-state index in [1.807, 2.05) is 68.6 Å². The van der Waals surface area contributed by atoms with E-state index in [4.69, 9.17) is 22.1 Å². The van der Waals surface area contributed by atoms with Gasteiger partial charge in [0.1, 0.15) is 15.8 Å². The second-order valence-electron chi connectivity index (χ2n) is 8.74. The van der Waals surface area contributed by atoms with Gasteiger partial charge in [-0.1, -0.05) is 42.2 Å². The van der Waals surface area contributed by atoms with Crippen LogP contribution in [0.15, 0.2) is 59.6 Å². The van der Waals surface area contributed by atoms with Crippen molar-refractivity contribution in [2.45, 2.75) is 26.3 Å². The van der Waals surface area contributed by atoms with Gasteiger partial charge in [0, 0.05) is 17.3 Å². The summed E-state index contributed by atoms with van der Waals surface area (Å²) < 4.78 is 31.9. The molecule has 0 saturated carbocycles. The minimum atomic E-state index is -3.14. The van der Waals surface area contributed by atoms with Crippen molar-refractivity contribution in [2.24, 2.45) is 0 Å². The molecule has 0 aliphatic carbocycles. The highest BCUT2D eigenvalue weighted by atomic mass is 32.2. The van der Waals surface area contributed by atoms with Gasteiger partial charge in [0.2, 0.25) is 0 Å². The van der Waals surface area contributed by atoms with E-state index in [-0.39, 0.29) is 17.4 Å².